The molecule has 8 heteroatoms. The number of carbonyl (C=O) groups excluding carboxylic acids is 1. The number of ether oxygens (including phenoxy) is 1. The Labute approximate surface area is 137 Å². The van der Waals surface area contributed by atoms with Gasteiger partial charge in [0, 0.05) is 19.7 Å². The second-order valence-electron chi connectivity index (χ2n) is 5.73. The molecule has 1 aromatic heterocycles. The minimum absolute atomic E-state index is 0.0986. The highest BCUT2D eigenvalue weighted by atomic mass is 19.2. The first-order valence-corrected chi connectivity index (χ1v) is 7.42. The number of β-amino-alcohol motifs (C(OH)–C–C–N with tert-alkyl or cyclic N) is 1. The summed E-state index contributed by atoms with van der Waals surface area (Å²) < 4.78 is 33.2. The summed E-state index contributed by atoms with van der Waals surface area (Å²) in [7, 11) is 3.11. The molecule has 0 spiro atoms. The van der Waals surface area contributed by atoms with Gasteiger partial charge < -0.3 is 14.7 Å². The molecule has 1 N–H and O–H groups in total. The van der Waals surface area contributed by atoms with Crippen LogP contribution in [0.2, 0.25) is 0 Å². The van der Waals surface area contributed by atoms with Crippen molar-refractivity contribution >= 4 is 5.91 Å². The molecular weight excluding hydrogens is 320 g/mol. The zero-order valence-corrected chi connectivity index (χ0v) is 13.2. The van der Waals surface area contributed by atoms with Gasteiger partial charge in [0.15, 0.2) is 17.3 Å². The Balaban J connectivity index is 1.92. The molecule has 6 nitrogen and oxygen atoms in total. The number of hydrogen-bond acceptors (Lipinski definition) is 4. The minimum atomic E-state index is -0.985. The lowest BCUT2D eigenvalue weighted by Gasteiger charge is -2.24. The molecule has 1 aromatic carbocycles. The van der Waals surface area contributed by atoms with E-state index in [-0.39, 0.29) is 18.7 Å². The van der Waals surface area contributed by atoms with Crippen molar-refractivity contribution in [1.82, 2.24) is 14.7 Å². The number of aliphatic hydroxyl groups is 1. The van der Waals surface area contributed by atoms with Gasteiger partial charge in [0.2, 0.25) is 5.88 Å². The van der Waals surface area contributed by atoms with Crippen LogP contribution in [0.1, 0.15) is 28.5 Å². The highest BCUT2D eigenvalue weighted by Gasteiger charge is 2.37. The Kier molecular flexibility index (Phi) is 4.23. The van der Waals surface area contributed by atoms with Gasteiger partial charge in [-0.2, -0.15) is 5.10 Å². The summed E-state index contributed by atoms with van der Waals surface area (Å²) in [6, 6.07) is 4.44. The molecule has 0 radical (unpaired) electrons. The Morgan fingerprint density at radius 3 is 2.71 bits per heavy atom. The van der Waals surface area contributed by atoms with E-state index in [0.717, 1.165) is 12.1 Å². The Morgan fingerprint density at radius 1 is 1.33 bits per heavy atom. The SMILES string of the molecule is COc1cc(C(=O)N2C[C@H](O)C[C@H]2c2ccc(F)c(F)c2)nn1C. The van der Waals surface area contributed by atoms with Crippen molar-refractivity contribution in [2.75, 3.05) is 13.7 Å². The largest absolute Gasteiger partial charge is 0.481 e. The third-order valence-electron chi connectivity index (χ3n) is 4.13. The maximum absolute atomic E-state index is 13.5. The van der Waals surface area contributed by atoms with Gasteiger partial charge in [-0.25, -0.2) is 13.5 Å². The van der Waals surface area contributed by atoms with Crippen LogP contribution in [0.25, 0.3) is 0 Å². The van der Waals surface area contributed by atoms with Gasteiger partial charge in [-0.1, -0.05) is 6.07 Å². The number of likely N-dealkylation sites (tertiary alicyclic amines) is 1. The van der Waals surface area contributed by atoms with Crippen LogP contribution in [0, 0.1) is 11.6 Å². The fraction of sp³-hybridized carbons (Fsp3) is 0.375. The van der Waals surface area contributed by atoms with Gasteiger partial charge in [0.25, 0.3) is 5.91 Å². The number of aliphatic hydroxyl groups excluding tert-OH is 1. The molecule has 0 aliphatic carbocycles. The van der Waals surface area contributed by atoms with Crippen molar-refractivity contribution in [3.8, 4) is 5.88 Å². The number of benzene rings is 1. The molecule has 2 atom stereocenters. The zero-order valence-electron chi connectivity index (χ0n) is 13.2. The number of amides is 1. The summed E-state index contributed by atoms with van der Waals surface area (Å²) >= 11 is 0. The molecule has 3 rings (SSSR count). The molecule has 128 valence electrons. The number of methoxy groups -OCH3 is 1. The molecule has 2 aromatic rings. The van der Waals surface area contributed by atoms with E-state index >= 15 is 0 Å². The lowest BCUT2D eigenvalue weighted by Crippen LogP contribution is -2.32. The number of nitrogens with zero attached hydrogens (tertiary/aromatic N) is 3. The van der Waals surface area contributed by atoms with E-state index in [2.05, 4.69) is 5.10 Å². The molecule has 1 saturated heterocycles. The van der Waals surface area contributed by atoms with Crippen LogP contribution in [-0.2, 0) is 7.05 Å². The molecule has 1 fully saturated rings. The van der Waals surface area contributed by atoms with Crippen molar-refractivity contribution in [3.63, 3.8) is 0 Å². The zero-order chi connectivity index (χ0) is 17.4. The van der Waals surface area contributed by atoms with Gasteiger partial charge in [-0.15, -0.1) is 0 Å². The van der Waals surface area contributed by atoms with E-state index in [0.29, 0.717) is 11.4 Å². The number of hydrogen-bond donors (Lipinski definition) is 1. The topological polar surface area (TPSA) is 67.6 Å². The predicted molar refractivity (Wildman–Crippen MR) is 80.5 cm³/mol. The van der Waals surface area contributed by atoms with E-state index in [1.807, 2.05) is 0 Å². The molecule has 0 bridgehead atoms. The monoisotopic (exact) mass is 337 g/mol. The lowest BCUT2D eigenvalue weighted by atomic mass is 10.0. The van der Waals surface area contributed by atoms with Crippen LogP contribution < -0.4 is 4.74 Å². The number of carbonyl (C=O) groups is 1. The molecule has 0 saturated carbocycles. The normalized spacial score (nSPS) is 20.5. The van der Waals surface area contributed by atoms with Gasteiger partial charge in [-0.3, -0.25) is 4.79 Å². The third-order valence-corrected chi connectivity index (χ3v) is 4.13. The fourth-order valence-electron chi connectivity index (χ4n) is 2.97. The van der Waals surface area contributed by atoms with E-state index in [1.54, 1.807) is 7.05 Å². The van der Waals surface area contributed by atoms with E-state index in [9.17, 15) is 18.7 Å². The van der Waals surface area contributed by atoms with Gasteiger partial charge >= 0.3 is 0 Å². The first-order chi connectivity index (χ1) is 11.4. The third kappa shape index (κ3) is 2.84. The van der Waals surface area contributed by atoms with Crippen LogP contribution in [0.3, 0.4) is 0 Å². The average molecular weight is 337 g/mol. The van der Waals surface area contributed by atoms with Crippen LogP contribution in [0.5, 0.6) is 5.88 Å². The molecule has 2 heterocycles. The molecule has 1 amide bonds. The quantitative estimate of drug-likeness (QED) is 0.925. The summed E-state index contributed by atoms with van der Waals surface area (Å²) in [5, 5.41) is 14.0. The van der Waals surface area contributed by atoms with Crippen molar-refractivity contribution < 1.29 is 23.4 Å². The number of rotatable bonds is 3. The lowest BCUT2D eigenvalue weighted by molar-refractivity contribution is 0.0709. The van der Waals surface area contributed by atoms with Crippen molar-refractivity contribution in [1.29, 1.82) is 0 Å². The molecule has 24 heavy (non-hydrogen) atoms. The maximum atomic E-state index is 13.5. The standard InChI is InChI=1S/C16H17F2N3O3/c1-20-15(24-2)7-13(19-20)16(23)21-8-10(22)6-14(21)9-3-4-11(17)12(18)5-9/h3-5,7,10,14,22H,6,8H2,1-2H3/t10-,14+/m1/s1. The fourth-order valence-corrected chi connectivity index (χ4v) is 2.97. The van der Waals surface area contributed by atoms with Gasteiger partial charge in [0.05, 0.1) is 19.3 Å². The smallest absolute Gasteiger partial charge is 0.275 e. The van der Waals surface area contributed by atoms with Crippen molar-refractivity contribution in [2.45, 2.75) is 18.6 Å². The van der Waals surface area contributed by atoms with E-state index < -0.39 is 29.7 Å². The van der Waals surface area contributed by atoms with Gasteiger partial charge in [-0.05, 0) is 24.1 Å². The number of halogens is 2. The van der Waals surface area contributed by atoms with Gasteiger partial charge in [0.1, 0.15) is 0 Å². The second kappa shape index (κ2) is 6.20. The highest BCUT2D eigenvalue weighted by molar-refractivity contribution is 5.93. The number of aromatic nitrogens is 2. The average Bonchev–Trinajstić information content (AvgIpc) is 3.12. The van der Waals surface area contributed by atoms with Crippen LogP contribution >= 0.6 is 0 Å². The Bertz CT molecular complexity index is 778. The van der Waals surface area contributed by atoms with Crippen LogP contribution in [-0.4, -0.2) is 45.5 Å². The first kappa shape index (κ1) is 16.4. The summed E-state index contributed by atoms with van der Waals surface area (Å²) in [6.07, 6.45) is -0.487. The number of aryl methyl sites for hydroxylation is 1. The summed E-state index contributed by atoms with van der Waals surface area (Å²) in [5.74, 6) is -1.92. The molecule has 1 aliphatic heterocycles. The minimum Gasteiger partial charge on any atom is -0.481 e. The van der Waals surface area contributed by atoms with E-state index in [1.165, 1.54) is 28.8 Å². The van der Waals surface area contributed by atoms with Crippen molar-refractivity contribution in [2.24, 2.45) is 7.05 Å². The predicted octanol–water partition coefficient (Wildman–Crippen LogP) is 1.66. The van der Waals surface area contributed by atoms with E-state index in [4.69, 9.17) is 4.74 Å². The Hall–Kier alpha value is -2.48. The summed E-state index contributed by atoms with van der Waals surface area (Å²) in [6.45, 7) is 0.0986. The van der Waals surface area contributed by atoms with Crippen LogP contribution in [0.15, 0.2) is 24.3 Å². The summed E-state index contributed by atoms with van der Waals surface area (Å²) in [5.41, 5.74) is 0.595. The second-order valence-corrected chi connectivity index (χ2v) is 5.73. The molecule has 0 unspecified atom stereocenters. The molecular formula is C16H17F2N3O3. The molecule has 1 aliphatic rings. The maximum Gasteiger partial charge on any atom is 0.275 e. The van der Waals surface area contributed by atoms with Crippen molar-refractivity contribution in [3.05, 3.63) is 47.2 Å². The Morgan fingerprint density at radius 2 is 2.08 bits per heavy atom. The summed E-state index contributed by atoms with van der Waals surface area (Å²) in [4.78, 5) is 14.1. The first-order valence-electron chi connectivity index (χ1n) is 7.42. The highest BCUT2D eigenvalue weighted by Crippen LogP contribution is 2.34. The van der Waals surface area contributed by atoms with Crippen LogP contribution in [0.4, 0.5) is 8.78 Å².